The molecule has 2 saturated heterocycles. The van der Waals surface area contributed by atoms with Gasteiger partial charge in [0.2, 0.25) is 0 Å². The molecule has 0 aliphatic carbocycles. The Kier molecular flexibility index (Phi) is 5.85. The van der Waals surface area contributed by atoms with E-state index in [4.69, 9.17) is 0 Å². The molecule has 8 nitrogen and oxygen atoms in total. The summed E-state index contributed by atoms with van der Waals surface area (Å²) in [4.78, 5) is 40.5. The zero-order valence-corrected chi connectivity index (χ0v) is 19.2. The minimum atomic E-state index is -0.159. The lowest BCUT2D eigenvalue weighted by atomic mass is 9.85. The van der Waals surface area contributed by atoms with Gasteiger partial charge in [0.05, 0.1) is 22.9 Å². The maximum Gasteiger partial charge on any atom is 0.269 e. The van der Waals surface area contributed by atoms with E-state index in [0.29, 0.717) is 24.0 Å². The summed E-state index contributed by atoms with van der Waals surface area (Å²) in [5.41, 5.74) is 5.09. The first-order valence-electron chi connectivity index (χ1n) is 11.7. The average molecular weight is 447 g/mol. The van der Waals surface area contributed by atoms with Gasteiger partial charge in [-0.1, -0.05) is 6.92 Å². The molecule has 1 unspecified atom stereocenters. The highest BCUT2D eigenvalue weighted by Gasteiger charge is 2.37. The van der Waals surface area contributed by atoms with Gasteiger partial charge >= 0.3 is 0 Å². The van der Waals surface area contributed by atoms with Gasteiger partial charge in [0, 0.05) is 45.0 Å². The molecule has 3 aromatic rings. The maximum absolute atomic E-state index is 12.1. The van der Waals surface area contributed by atoms with Crippen LogP contribution in [0.4, 0.5) is 5.69 Å². The van der Waals surface area contributed by atoms with Gasteiger partial charge < -0.3 is 15.2 Å². The molecule has 33 heavy (non-hydrogen) atoms. The predicted octanol–water partition coefficient (Wildman–Crippen LogP) is 2.20. The lowest BCUT2D eigenvalue weighted by Crippen LogP contribution is -2.50. The van der Waals surface area contributed by atoms with E-state index >= 15 is 0 Å². The molecule has 2 N–H and O–H groups in total. The van der Waals surface area contributed by atoms with E-state index in [1.54, 1.807) is 19.3 Å². The minimum absolute atomic E-state index is 0.0156. The molecule has 0 radical (unpaired) electrons. The number of hydrogen-bond acceptors (Lipinski definition) is 6. The fraction of sp³-hybridized carbons (Fsp3) is 0.440. The third-order valence-electron chi connectivity index (χ3n) is 7.07. The molecule has 0 aromatic carbocycles. The molecular weight excluding hydrogens is 416 g/mol. The second-order valence-corrected chi connectivity index (χ2v) is 9.18. The van der Waals surface area contributed by atoms with Gasteiger partial charge in [-0.2, -0.15) is 0 Å². The van der Waals surface area contributed by atoms with Crippen LogP contribution in [-0.4, -0.2) is 59.0 Å². The molecule has 2 aliphatic heterocycles. The van der Waals surface area contributed by atoms with E-state index in [1.165, 1.54) is 6.42 Å². The molecule has 3 aromatic heterocycles. The number of fused-ring (bicyclic) bond motifs is 1. The van der Waals surface area contributed by atoms with Crippen LogP contribution >= 0.6 is 0 Å². The quantitative estimate of drug-likeness (QED) is 0.603. The molecule has 2 fully saturated rings. The van der Waals surface area contributed by atoms with Gasteiger partial charge in [-0.15, -0.1) is 0 Å². The molecule has 5 rings (SSSR count). The van der Waals surface area contributed by atoms with Gasteiger partial charge in [0.1, 0.15) is 5.69 Å². The van der Waals surface area contributed by atoms with Crippen LogP contribution in [0.1, 0.15) is 35.0 Å². The number of nitrogens with zero attached hydrogens (tertiary/aromatic N) is 4. The van der Waals surface area contributed by atoms with Crippen molar-refractivity contribution in [3.8, 4) is 0 Å². The average Bonchev–Trinajstić information content (AvgIpc) is 3.25. The van der Waals surface area contributed by atoms with Crippen molar-refractivity contribution in [3.05, 3.63) is 63.8 Å². The minimum Gasteiger partial charge on any atom is -0.370 e. The van der Waals surface area contributed by atoms with Crippen molar-refractivity contribution in [3.63, 3.8) is 0 Å². The van der Waals surface area contributed by atoms with Crippen LogP contribution in [0.25, 0.3) is 11.0 Å². The molecule has 8 heteroatoms. The number of carbonyl (C=O) groups is 1. The van der Waals surface area contributed by atoms with Crippen molar-refractivity contribution >= 4 is 22.6 Å². The van der Waals surface area contributed by atoms with E-state index in [2.05, 4.69) is 36.1 Å². The van der Waals surface area contributed by atoms with Crippen molar-refractivity contribution in [1.82, 2.24) is 25.2 Å². The molecular formula is C25H30N6O2. The van der Waals surface area contributed by atoms with Crippen molar-refractivity contribution in [1.29, 1.82) is 0 Å². The van der Waals surface area contributed by atoms with Crippen LogP contribution in [-0.2, 0) is 13.0 Å². The van der Waals surface area contributed by atoms with E-state index < -0.39 is 0 Å². The van der Waals surface area contributed by atoms with Crippen LogP contribution in [0.2, 0.25) is 0 Å². The molecule has 0 saturated carbocycles. The third kappa shape index (κ3) is 4.35. The summed E-state index contributed by atoms with van der Waals surface area (Å²) in [7, 11) is 1.61. The molecule has 2 aliphatic rings. The fourth-order valence-electron chi connectivity index (χ4n) is 5.02. The summed E-state index contributed by atoms with van der Waals surface area (Å²) in [6, 6.07) is 7.73. The Balaban J connectivity index is 1.16. The van der Waals surface area contributed by atoms with Gasteiger partial charge in [0.25, 0.3) is 11.5 Å². The number of pyridine rings is 3. The van der Waals surface area contributed by atoms with Crippen LogP contribution in [0, 0.1) is 11.8 Å². The monoisotopic (exact) mass is 446 g/mol. The maximum atomic E-state index is 12.1. The number of carbonyl (C=O) groups excluding carboxylic acids is 1. The van der Waals surface area contributed by atoms with Gasteiger partial charge in [-0.05, 0) is 61.1 Å². The summed E-state index contributed by atoms with van der Waals surface area (Å²) in [6.45, 7) is 7.10. The molecule has 172 valence electrons. The fourth-order valence-corrected chi connectivity index (χ4v) is 5.02. The standard InChI is InChI=1S/C25H30N6O2/c1-3-17-9-22-23(29-24(17)32)8-16(10-27-22)12-30-7-6-18(13-30)19-14-31(15-19)20-4-5-21(28-11-20)25(33)26-2/h4-5,8-11,18-19H,3,6-7,12-15H2,1-2H3,(H,26,33)(H,29,32). The first-order valence-corrected chi connectivity index (χ1v) is 11.7. The van der Waals surface area contributed by atoms with Crippen molar-refractivity contribution in [2.24, 2.45) is 11.8 Å². The summed E-state index contributed by atoms with van der Waals surface area (Å²) < 4.78 is 0. The number of aromatic amines is 1. The molecule has 1 atom stereocenters. The van der Waals surface area contributed by atoms with Gasteiger partial charge in [-0.25, -0.2) is 4.98 Å². The Morgan fingerprint density at radius 1 is 1.15 bits per heavy atom. The lowest BCUT2D eigenvalue weighted by molar-refractivity contribution is 0.0958. The first kappa shape index (κ1) is 21.6. The van der Waals surface area contributed by atoms with E-state index in [9.17, 15) is 9.59 Å². The predicted molar refractivity (Wildman–Crippen MR) is 128 cm³/mol. The van der Waals surface area contributed by atoms with E-state index in [1.807, 2.05) is 25.3 Å². The van der Waals surface area contributed by atoms with Crippen LogP contribution < -0.4 is 15.8 Å². The van der Waals surface area contributed by atoms with Crippen LogP contribution in [0.5, 0.6) is 0 Å². The topological polar surface area (TPSA) is 94.2 Å². The number of H-pyrrole nitrogens is 1. The van der Waals surface area contributed by atoms with Crippen molar-refractivity contribution < 1.29 is 4.79 Å². The molecule has 0 spiro atoms. The zero-order chi connectivity index (χ0) is 22.9. The number of aromatic nitrogens is 3. The summed E-state index contributed by atoms with van der Waals surface area (Å²) in [6.07, 6.45) is 5.65. The number of likely N-dealkylation sites (tertiary alicyclic amines) is 1. The Morgan fingerprint density at radius 3 is 2.73 bits per heavy atom. The van der Waals surface area contributed by atoms with Crippen molar-refractivity contribution in [2.45, 2.75) is 26.3 Å². The Labute approximate surface area is 193 Å². The van der Waals surface area contributed by atoms with Gasteiger partial charge in [0.15, 0.2) is 0 Å². The highest BCUT2D eigenvalue weighted by molar-refractivity contribution is 5.92. The van der Waals surface area contributed by atoms with E-state index in [0.717, 1.165) is 60.6 Å². The number of rotatable bonds is 6. The number of anilines is 1. The lowest BCUT2D eigenvalue weighted by Gasteiger charge is -2.44. The number of hydrogen-bond donors (Lipinski definition) is 2. The SMILES string of the molecule is CCc1cc2ncc(CN3CCC(C4CN(c5ccc(C(=O)NC)nc5)C4)C3)cc2[nH]c1=O. The van der Waals surface area contributed by atoms with Crippen molar-refractivity contribution in [2.75, 3.05) is 38.1 Å². The highest BCUT2D eigenvalue weighted by atomic mass is 16.1. The number of aryl methyl sites for hydroxylation is 1. The normalized spacial score (nSPS) is 19.1. The molecule has 1 amide bonds. The second-order valence-electron chi connectivity index (χ2n) is 9.18. The summed E-state index contributed by atoms with van der Waals surface area (Å²) in [5.74, 6) is 1.22. The Morgan fingerprint density at radius 2 is 2.00 bits per heavy atom. The van der Waals surface area contributed by atoms with Crippen LogP contribution in [0.15, 0.2) is 41.5 Å². The zero-order valence-electron chi connectivity index (χ0n) is 19.2. The first-order chi connectivity index (χ1) is 16.0. The number of amides is 1. The highest BCUT2D eigenvalue weighted by Crippen LogP contribution is 2.34. The Bertz CT molecular complexity index is 1220. The summed E-state index contributed by atoms with van der Waals surface area (Å²) >= 11 is 0. The second kappa shape index (κ2) is 8.94. The molecule has 0 bridgehead atoms. The van der Waals surface area contributed by atoms with E-state index in [-0.39, 0.29) is 11.5 Å². The largest absolute Gasteiger partial charge is 0.370 e. The third-order valence-corrected chi connectivity index (χ3v) is 7.07. The summed E-state index contributed by atoms with van der Waals surface area (Å²) in [5, 5.41) is 2.60. The molecule has 5 heterocycles. The Hall–Kier alpha value is -3.26. The smallest absolute Gasteiger partial charge is 0.269 e. The van der Waals surface area contributed by atoms with Crippen LogP contribution in [0.3, 0.4) is 0 Å². The van der Waals surface area contributed by atoms with Gasteiger partial charge in [-0.3, -0.25) is 19.5 Å². The number of nitrogens with one attached hydrogen (secondary N) is 2.